The second kappa shape index (κ2) is 9.55. The van der Waals surface area contributed by atoms with Crippen molar-refractivity contribution < 1.29 is 9.59 Å². The minimum Gasteiger partial charge on any atom is -0.352 e. The molecule has 0 aliphatic carbocycles. The van der Waals surface area contributed by atoms with E-state index in [1.165, 1.54) is 18.4 Å². The van der Waals surface area contributed by atoms with Gasteiger partial charge >= 0.3 is 0 Å². The van der Waals surface area contributed by atoms with E-state index in [0.29, 0.717) is 13.0 Å². The van der Waals surface area contributed by atoms with Gasteiger partial charge in [-0.3, -0.25) is 9.59 Å². The van der Waals surface area contributed by atoms with Crippen LogP contribution in [0.15, 0.2) is 48.5 Å². The molecular weight excluding hydrogens is 400 g/mol. The van der Waals surface area contributed by atoms with Gasteiger partial charge in [0.15, 0.2) is 0 Å². The average molecular weight is 433 g/mol. The lowest BCUT2D eigenvalue weighted by molar-refractivity contribution is -0.122. The monoisotopic (exact) mass is 432 g/mol. The summed E-state index contributed by atoms with van der Waals surface area (Å²) in [5, 5.41) is 2.96. The molecule has 1 N–H and O–H groups in total. The summed E-state index contributed by atoms with van der Waals surface area (Å²) in [4.78, 5) is 32.2. The third-order valence-corrected chi connectivity index (χ3v) is 5.99. The van der Waals surface area contributed by atoms with Crippen LogP contribution in [0.2, 0.25) is 0 Å². The maximum atomic E-state index is 12.9. The van der Waals surface area contributed by atoms with Gasteiger partial charge in [-0.15, -0.1) is 0 Å². The van der Waals surface area contributed by atoms with Crippen molar-refractivity contribution in [2.75, 3.05) is 11.4 Å². The van der Waals surface area contributed by atoms with Crippen molar-refractivity contribution in [3.8, 4) is 0 Å². The summed E-state index contributed by atoms with van der Waals surface area (Å²) in [6, 6.07) is 16.3. The Labute approximate surface area is 189 Å². The van der Waals surface area contributed by atoms with E-state index in [-0.39, 0.29) is 30.3 Å². The lowest BCUT2D eigenvalue weighted by Gasteiger charge is -2.18. The average Bonchev–Trinajstić information content (AvgIpc) is 3.33. The van der Waals surface area contributed by atoms with Crippen molar-refractivity contribution >= 4 is 28.5 Å². The van der Waals surface area contributed by atoms with Crippen LogP contribution in [0.1, 0.15) is 57.3 Å². The SMILES string of the molecule is CCCCc1ccc(N2C[C@H](c3nc4ccccc4n3CC(=O)NC(C)C)CC2=O)cc1. The molecule has 1 aliphatic rings. The van der Waals surface area contributed by atoms with Gasteiger partial charge < -0.3 is 14.8 Å². The van der Waals surface area contributed by atoms with Gasteiger partial charge in [0.2, 0.25) is 11.8 Å². The highest BCUT2D eigenvalue weighted by atomic mass is 16.2. The van der Waals surface area contributed by atoms with Crippen molar-refractivity contribution in [3.63, 3.8) is 0 Å². The van der Waals surface area contributed by atoms with Crippen LogP contribution in [0.5, 0.6) is 0 Å². The Morgan fingerprint density at radius 3 is 2.62 bits per heavy atom. The molecule has 0 unspecified atom stereocenters. The number of aromatic nitrogens is 2. The topological polar surface area (TPSA) is 67.2 Å². The Morgan fingerprint density at radius 2 is 1.91 bits per heavy atom. The molecule has 1 atom stereocenters. The second-order valence-corrected chi connectivity index (χ2v) is 8.94. The standard InChI is InChI=1S/C26H32N4O2/c1-4-5-8-19-11-13-21(14-12-19)29-16-20(15-25(29)32)26-28-22-9-6-7-10-23(22)30(26)17-24(31)27-18(2)3/h6-7,9-14,18,20H,4-5,8,15-17H2,1-3H3,(H,27,31)/t20-/m1/s1. The van der Waals surface area contributed by atoms with E-state index in [2.05, 4.69) is 24.4 Å². The van der Waals surface area contributed by atoms with Crippen LogP contribution in [-0.2, 0) is 22.6 Å². The summed E-state index contributed by atoms with van der Waals surface area (Å²) in [6.07, 6.45) is 3.80. The Hall–Kier alpha value is -3.15. The quantitative estimate of drug-likeness (QED) is 0.573. The van der Waals surface area contributed by atoms with E-state index in [1.807, 2.05) is 59.7 Å². The number of anilines is 1. The van der Waals surface area contributed by atoms with Gasteiger partial charge in [-0.1, -0.05) is 37.6 Å². The number of para-hydroxylation sites is 2. The summed E-state index contributed by atoms with van der Waals surface area (Å²) < 4.78 is 1.97. The lowest BCUT2D eigenvalue weighted by atomic mass is 10.1. The molecule has 0 spiro atoms. The zero-order chi connectivity index (χ0) is 22.7. The Balaban J connectivity index is 1.59. The summed E-state index contributed by atoms with van der Waals surface area (Å²) in [5.41, 5.74) is 4.01. The first-order valence-corrected chi connectivity index (χ1v) is 11.6. The molecule has 2 amide bonds. The number of nitrogens with zero attached hydrogens (tertiary/aromatic N) is 3. The van der Waals surface area contributed by atoms with Crippen LogP contribution >= 0.6 is 0 Å². The fourth-order valence-corrected chi connectivity index (χ4v) is 4.44. The number of carbonyl (C=O) groups excluding carboxylic acids is 2. The lowest BCUT2D eigenvalue weighted by Crippen LogP contribution is -2.33. The number of benzene rings is 2. The van der Waals surface area contributed by atoms with Crippen LogP contribution < -0.4 is 10.2 Å². The van der Waals surface area contributed by atoms with E-state index in [4.69, 9.17) is 4.98 Å². The van der Waals surface area contributed by atoms with Crippen molar-refractivity contribution in [1.82, 2.24) is 14.9 Å². The molecule has 0 saturated carbocycles. The number of imidazole rings is 1. The summed E-state index contributed by atoms with van der Waals surface area (Å²) in [6.45, 7) is 6.86. The number of rotatable bonds is 8. The number of carbonyl (C=O) groups is 2. The molecule has 6 nitrogen and oxygen atoms in total. The zero-order valence-electron chi connectivity index (χ0n) is 19.2. The van der Waals surface area contributed by atoms with Gasteiger partial charge in [0, 0.05) is 30.6 Å². The second-order valence-electron chi connectivity index (χ2n) is 8.94. The summed E-state index contributed by atoms with van der Waals surface area (Å²) in [5.74, 6) is 0.803. The van der Waals surface area contributed by atoms with Crippen LogP contribution in [0.3, 0.4) is 0 Å². The highest BCUT2D eigenvalue weighted by Gasteiger charge is 2.35. The van der Waals surface area contributed by atoms with Crippen LogP contribution in [0.4, 0.5) is 5.69 Å². The first kappa shape index (κ1) is 22.1. The van der Waals surface area contributed by atoms with E-state index in [1.54, 1.807) is 0 Å². The molecule has 6 heteroatoms. The summed E-state index contributed by atoms with van der Waals surface area (Å²) in [7, 11) is 0. The Morgan fingerprint density at radius 1 is 1.16 bits per heavy atom. The number of nitrogens with one attached hydrogen (secondary N) is 1. The van der Waals surface area contributed by atoms with Crippen LogP contribution in [-0.4, -0.2) is 34.0 Å². The molecule has 3 aromatic rings. The molecule has 1 saturated heterocycles. The number of fused-ring (bicyclic) bond motifs is 1. The minimum absolute atomic E-state index is 0.0479. The Bertz CT molecular complexity index is 1100. The van der Waals surface area contributed by atoms with Gasteiger partial charge in [0.25, 0.3) is 0 Å². The van der Waals surface area contributed by atoms with Gasteiger partial charge in [-0.05, 0) is 56.5 Å². The smallest absolute Gasteiger partial charge is 0.240 e. The van der Waals surface area contributed by atoms with E-state index >= 15 is 0 Å². The van der Waals surface area contributed by atoms with Crippen LogP contribution in [0, 0.1) is 0 Å². The Kier molecular flexibility index (Phi) is 6.58. The maximum absolute atomic E-state index is 12.9. The number of amides is 2. The molecule has 168 valence electrons. The van der Waals surface area contributed by atoms with Gasteiger partial charge in [-0.2, -0.15) is 0 Å². The molecule has 0 bridgehead atoms. The maximum Gasteiger partial charge on any atom is 0.240 e. The molecular formula is C26H32N4O2. The molecule has 0 radical (unpaired) electrons. The van der Waals surface area contributed by atoms with E-state index in [0.717, 1.165) is 29.0 Å². The molecule has 32 heavy (non-hydrogen) atoms. The fraction of sp³-hybridized carbons (Fsp3) is 0.423. The third kappa shape index (κ3) is 4.69. The molecule has 1 aliphatic heterocycles. The molecule has 2 aromatic carbocycles. The molecule has 2 heterocycles. The van der Waals surface area contributed by atoms with Gasteiger partial charge in [0.1, 0.15) is 12.4 Å². The number of hydrogen-bond donors (Lipinski definition) is 1. The predicted octanol–water partition coefficient (Wildman–Crippen LogP) is 4.42. The number of unbranched alkanes of at least 4 members (excludes halogenated alkanes) is 1. The first-order valence-electron chi connectivity index (χ1n) is 11.6. The van der Waals surface area contributed by atoms with Crippen molar-refractivity contribution in [2.45, 2.75) is 65.0 Å². The van der Waals surface area contributed by atoms with Crippen molar-refractivity contribution in [1.29, 1.82) is 0 Å². The van der Waals surface area contributed by atoms with Crippen LogP contribution in [0.25, 0.3) is 11.0 Å². The number of aryl methyl sites for hydroxylation is 1. The highest BCUT2D eigenvalue weighted by molar-refractivity contribution is 5.96. The first-order chi connectivity index (χ1) is 15.5. The normalized spacial score (nSPS) is 16.3. The largest absolute Gasteiger partial charge is 0.352 e. The third-order valence-electron chi connectivity index (χ3n) is 5.99. The van der Waals surface area contributed by atoms with Crippen molar-refractivity contribution in [3.05, 3.63) is 59.9 Å². The highest BCUT2D eigenvalue weighted by Crippen LogP contribution is 2.33. The summed E-state index contributed by atoms with van der Waals surface area (Å²) >= 11 is 0. The zero-order valence-corrected chi connectivity index (χ0v) is 19.2. The predicted molar refractivity (Wildman–Crippen MR) is 128 cm³/mol. The van der Waals surface area contributed by atoms with E-state index in [9.17, 15) is 9.59 Å². The molecule has 4 rings (SSSR count). The fourth-order valence-electron chi connectivity index (χ4n) is 4.44. The van der Waals surface area contributed by atoms with E-state index < -0.39 is 0 Å². The van der Waals surface area contributed by atoms with Gasteiger partial charge in [0.05, 0.1) is 11.0 Å². The minimum atomic E-state index is -0.0542. The molecule has 1 aromatic heterocycles. The number of hydrogen-bond acceptors (Lipinski definition) is 3. The molecule has 1 fully saturated rings. The van der Waals surface area contributed by atoms with Crippen molar-refractivity contribution in [2.24, 2.45) is 0 Å². The van der Waals surface area contributed by atoms with Gasteiger partial charge in [-0.25, -0.2) is 4.98 Å².